The van der Waals surface area contributed by atoms with Crippen LogP contribution in [0.25, 0.3) is 0 Å². The SMILES string of the molecule is CCOC(=O)c1ccc(N=Nc2ccc3c(c2)C(=O)CCC3(C)C)cc1. The Labute approximate surface area is 153 Å². The van der Waals surface area contributed by atoms with Crippen molar-refractivity contribution >= 4 is 23.1 Å². The summed E-state index contributed by atoms with van der Waals surface area (Å²) in [5.41, 5.74) is 3.57. The number of ketones is 1. The fraction of sp³-hybridized carbons (Fsp3) is 0.333. The van der Waals surface area contributed by atoms with Crippen LogP contribution in [0.3, 0.4) is 0 Å². The third kappa shape index (κ3) is 3.72. The number of esters is 1. The van der Waals surface area contributed by atoms with Gasteiger partial charge in [-0.3, -0.25) is 4.79 Å². The maximum Gasteiger partial charge on any atom is 0.338 e. The van der Waals surface area contributed by atoms with Crippen LogP contribution in [0.1, 0.15) is 59.9 Å². The van der Waals surface area contributed by atoms with Gasteiger partial charge in [-0.1, -0.05) is 19.9 Å². The van der Waals surface area contributed by atoms with Crippen molar-refractivity contribution in [3.8, 4) is 0 Å². The van der Waals surface area contributed by atoms with Crippen molar-refractivity contribution in [2.24, 2.45) is 10.2 Å². The molecule has 0 aromatic heterocycles. The molecule has 1 aliphatic rings. The standard InChI is InChI=1S/C21H22N2O3/c1-4-26-20(25)14-5-7-15(8-6-14)22-23-16-9-10-18-17(13-16)19(24)11-12-21(18,2)3/h5-10,13H,4,11-12H2,1-3H3. The Bertz CT molecular complexity index is 867. The van der Waals surface area contributed by atoms with Gasteiger partial charge in [-0.15, -0.1) is 0 Å². The summed E-state index contributed by atoms with van der Waals surface area (Å²) in [6.07, 6.45) is 1.43. The zero-order valence-corrected chi connectivity index (χ0v) is 15.3. The van der Waals surface area contributed by atoms with Crippen molar-refractivity contribution in [2.75, 3.05) is 6.61 Å². The van der Waals surface area contributed by atoms with Crippen LogP contribution in [-0.2, 0) is 10.2 Å². The number of fused-ring (bicyclic) bond motifs is 1. The molecule has 1 aliphatic carbocycles. The normalized spacial score (nSPS) is 15.7. The van der Waals surface area contributed by atoms with Gasteiger partial charge in [0.25, 0.3) is 0 Å². The maximum atomic E-state index is 12.2. The molecular weight excluding hydrogens is 328 g/mol. The second-order valence-electron chi connectivity index (χ2n) is 7.00. The van der Waals surface area contributed by atoms with Crippen LogP contribution in [0, 0.1) is 0 Å². The molecule has 0 fully saturated rings. The smallest absolute Gasteiger partial charge is 0.338 e. The number of hydrogen-bond donors (Lipinski definition) is 0. The molecule has 0 amide bonds. The summed E-state index contributed by atoms with van der Waals surface area (Å²) in [5.74, 6) is -0.193. The predicted molar refractivity (Wildman–Crippen MR) is 99.6 cm³/mol. The van der Waals surface area contributed by atoms with Crippen LogP contribution in [0.2, 0.25) is 0 Å². The second kappa shape index (κ2) is 7.20. The molecule has 2 aromatic rings. The molecule has 0 bridgehead atoms. The highest BCUT2D eigenvalue weighted by atomic mass is 16.5. The van der Waals surface area contributed by atoms with Crippen molar-refractivity contribution in [1.82, 2.24) is 0 Å². The van der Waals surface area contributed by atoms with E-state index in [2.05, 4.69) is 24.1 Å². The zero-order valence-electron chi connectivity index (χ0n) is 15.3. The van der Waals surface area contributed by atoms with Gasteiger partial charge >= 0.3 is 5.97 Å². The number of Topliss-reactive ketones (excluding diaryl/α,β-unsaturated/α-hetero) is 1. The first kappa shape index (κ1) is 18.0. The van der Waals surface area contributed by atoms with Gasteiger partial charge in [-0.25, -0.2) is 4.79 Å². The molecule has 5 nitrogen and oxygen atoms in total. The van der Waals surface area contributed by atoms with Crippen molar-refractivity contribution in [2.45, 2.75) is 39.0 Å². The Morgan fingerprint density at radius 1 is 1.08 bits per heavy atom. The van der Waals surface area contributed by atoms with E-state index in [0.29, 0.717) is 30.0 Å². The van der Waals surface area contributed by atoms with Crippen LogP contribution in [0.15, 0.2) is 52.7 Å². The minimum atomic E-state index is -0.355. The van der Waals surface area contributed by atoms with E-state index in [1.807, 2.05) is 18.2 Å². The average molecular weight is 350 g/mol. The number of rotatable bonds is 4. The highest BCUT2D eigenvalue weighted by Crippen LogP contribution is 2.38. The Morgan fingerprint density at radius 2 is 1.73 bits per heavy atom. The lowest BCUT2D eigenvalue weighted by Gasteiger charge is -2.31. The zero-order chi connectivity index (χ0) is 18.7. The van der Waals surface area contributed by atoms with E-state index in [1.54, 1.807) is 31.2 Å². The summed E-state index contributed by atoms with van der Waals surface area (Å²) in [6, 6.07) is 12.4. The minimum absolute atomic E-state index is 0.00183. The summed E-state index contributed by atoms with van der Waals surface area (Å²) >= 11 is 0. The first-order valence-corrected chi connectivity index (χ1v) is 8.77. The van der Waals surface area contributed by atoms with E-state index < -0.39 is 0 Å². The molecule has 0 saturated carbocycles. The summed E-state index contributed by atoms with van der Waals surface area (Å²) < 4.78 is 4.95. The number of hydrogen-bond acceptors (Lipinski definition) is 5. The van der Waals surface area contributed by atoms with Gasteiger partial charge in [0.15, 0.2) is 5.78 Å². The molecule has 2 aromatic carbocycles. The number of carbonyl (C=O) groups excluding carboxylic acids is 2. The van der Waals surface area contributed by atoms with Gasteiger partial charge in [-0.2, -0.15) is 10.2 Å². The highest BCUT2D eigenvalue weighted by molar-refractivity contribution is 5.99. The molecule has 134 valence electrons. The molecule has 0 radical (unpaired) electrons. The molecule has 0 aliphatic heterocycles. The van der Waals surface area contributed by atoms with Gasteiger partial charge in [-0.05, 0) is 60.7 Å². The Hall–Kier alpha value is -2.82. The third-order valence-electron chi connectivity index (χ3n) is 4.67. The van der Waals surface area contributed by atoms with Gasteiger partial charge in [0, 0.05) is 12.0 Å². The van der Waals surface area contributed by atoms with Crippen molar-refractivity contribution < 1.29 is 14.3 Å². The molecular formula is C21H22N2O3. The molecule has 5 heteroatoms. The number of benzene rings is 2. The third-order valence-corrected chi connectivity index (χ3v) is 4.67. The Balaban J connectivity index is 1.80. The summed E-state index contributed by atoms with van der Waals surface area (Å²) in [6.45, 7) is 6.42. The number of carbonyl (C=O) groups is 2. The summed E-state index contributed by atoms with van der Waals surface area (Å²) in [4.78, 5) is 23.9. The molecule has 3 rings (SSSR count). The van der Waals surface area contributed by atoms with Crippen molar-refractivity contribution in [3.05, 3.63) is 59.2 Å². The van der Waals surface area contributed by atoms with E-state index in [9.17, 15) is 9.59 Å². The minimum Gasteiger partial charge on any atom is -0.462 e. The van der Waals surface area contributed by atoms with E-state index in [1.165, 1.54) is 0 Å². The lowest BCUT2D eigenvalue weighted by Crippen LogP contribution is -2.27. The predicted octanol–water partition coefficient (Wildman–Crippen LogP) is 5.53. The molecule has 0 N–H and O–H groups in total. The summed E-state index contributed by atoms with van der Waals surface area (Å²) in [7, 11) is 0. The molecule has 0 saturated heterocycles. The first-order valence-electron chi connectivity index (χ1n) is 8.77. The number of ether oxygens (including phenoxy) is 1. The lowest BCUT2D eigenvalue weighted by molar-refractivity contribution is 0.0526. The maximum absolute atomic E-state index is 12.2. The fourth-order valence-corrected chi connectivity index (χ4v) is 3.10. The van der Waals surface area contributed by atoms with E-state index in [4.69, 9.17) is 4.74 Å². The van der Waals surface area contributed by atoms with E-state index >= 15 is 0 Å². The van der Waals surface area contributed by atoms with Crippen LogP contribution in [0.5, 0.6) is 0 Å². The largest absolute Gasteiger partial charge is 0.462 e. The monoisotopic (exact) mass is 350 g/mol. The van der Waals surface area contributed by atoms with E-state index in [0.717, 1.165) is 17.5 Å². The number of azo groups is 1. The number of nitrogens with zero attached hydrogens (tertiary/aromatic N) is 2. The van der Waals surface area contributed by atoms with Gasteiger partial charge < -0.3 is 4.74 Å². The quantitative estimate of drug-likeness (QED) is 0.537. The Morgan fingerprint density at radius 3 is 2.42 bits per heavy atom. The summed E-state index contributed by atoms with van der Waals surface area (Å²) in [5, 5.41) is 8.43. The molecule has 0 unspecified atom stereocenters. The van der Waals surface area contributed by atoms with Gasteiger partial charge in [0.2, 0.25) is 0 Å². The fourth-order valence-electron chi connectivity index (χ4n) is 3.10. The average Bonchev–Trinajstić information content (AvgIpc) is 2.64. The van der Waals surface area contributed by atoms with Crippen LogP contribution in [-0.4, -0.2) is 18.4 Å². The van der Waals surface area contributed by atoms with Gasteiger partial charge in [0.1, 0.15) is 0 Å². The van der Waals surface area contributed by atoms with Crippen LogP contribution >= 0.6 is 0 Å². The molecule has 26 heavy (non-hydrogen) atoms. The Kier molecular flexibility index (Phi) is 4.98. The van der Waals surface area contributed by atoms with Crippen molar-refractivity contribution in [3.63, 3.8) is 0 Å². The highest BCUT2D eigenvalue weighted by Gasteiger charge is 2.31. The first-order chi connectivity index (χ1) is 12.4. The molecule has 0 atom stereocenters. The molecule has 0 spiro atoms. The second-order valence-corrected chi connectivity index (χ2v) is 7.00. The van der Waals surface area contributed by atoms with Crippen LogP contribution < -0.4 is 0 Å². The topological polar surface area (TPSA) is 68.1 Å². The molecule has 0 heterocycles. The van der Waals surface area contributed by atoms with Crippen molar-refractivity contribution in [1.29, 1.82) is 0 Å². The van der Waals surface area contributed by atoms with E-state index in [-0.39, 0.29) is 17.2 Å². The van der Waals surface area contributed by atoms with Gasteiger partial charge in [0.05, 0.1) is 23.5 Å². The van der Waals surface area contributed by atoms with Crippen LogP contribution in [0.4, 0.5) is 11.4 Å². The lowest BCUT2D eigenvalue weighted by atomic mass is 9.72.